The van der Waals surface area contributed by atoms with E-state index in [9.17, 15) is 9.18 Å². The average molecular weight is 289 g/mol. The van der Waals surface area contributed by atoms with Crippen LogP contribution in [0, 0.1) is 5.82 Å². The lowest BCUT2D eigenvalue weighted by Crippen LogP contribution is -2.35. The van der Waals surface area contributed by atoms with Crippen LogP contribution in [0.4, 0.5) is 4.39 Å². The van der Waals surface area contributed by atoms with E-state index in [1.165, 1.54) is 19.2 Å². The Bertz CT molecular complexity index is 402. The summed E-state index contributed by atoms with van der Waals surface area (Å²) in [5, 5.41) is 0. The van der Waals surface area contributed by atoms with Gasteiger partial charge in [-0.25, -0.2) is 4.39 Å². The number of ether oxygens (including phenoxy) is 1. The zero-order valence-corrected chi connectivity index (χ0v) is 11.1. The van der Waals surface area contributed by atoms with Crippen LogP contribution in [0.1, 0.15) is 19.4 Å². The Hall–Kier alpha value is -0.740. The van der Waals surface area contributed by atoms with Gasteiger partial charge in [0.25, 0.3) is 0 Å². The summed E-state index contributed by atoms with van der Waals surface area (Å²) in [6.45, 7) is 3.39. The first-order valence-corrected chi connectivity index (χ1v) is 5.68. The van der Waals surface area contributed by atoms with Gasteiger partial charge in [0.05, 0.1) is 0 Å². The maximum Gasteiger partial charge on any atom is 0.168 e. The number of halogens is 2. The van der Waals surface area contributed by atoms with Gasteiger partial charge in [-0.1, -0.05) is 15.9 Å². The fraction of sp³-hybridized carbons (Fsp3) is 0.417. The second kappa shape index (κ2) is 5.06. The number of benzene rings is 1. The maximum absolute atomic E-state index is 13.0. The number of carbonyl (C=O) groups excluding carboxylic acids is 1. The number of ketones is 1. The standard InChI is InChI=1S/C12H14BrFO2/c1-12(2,16-3)11(15)7-8-6-9(14)4-5-10(8)13/h4-6H,7H2,1-3H3. The second-order valence-electron chi connectivity index (χ2n) is 4.05. The third-order valence-corrected chi connectivity index (χ3v) is 3.31. The lowest BCUT2D eigenvalue weighted by molar-refractivity contribution is -0.136. The minimum absolute atomic E-state index is 0.0821. The first kappa shape index (κ1) is 13.3. The lowest BCUT2D eigenvalue weighted by Gasteiger charge is -2.21. The summed E-state index contributed by atoms with van der Waals surface area (Å²) < 4.78 is 18.8. The molecule has 0 aromatic heterocycles. The Balaban J connectivity index is 2.89. The molecule has 0 aliphatic heterocycles. The lowest BCUT2D eigenvalue weighted by atomic mass is 9.97. The van der Waals surface area contributed by atoms with Crippen molar-refractivity contribution in [2.45, 2.75) is 25.9 Å². The highest BCUT2D eigenvalue weighted by Gasteiger charge is 2.27. The average Bonchev–Trinajstić information content (AvgIpc) is 2.23. The molecule has 0 saturated carbocycles. The molecule has 0 aliphatic carbocycles. The quantitative estimate of drug-likeness (QED) is 0.851. The van der Waals surface area contributed by atoms with E-state index in [0.29, 0.717) is 5.56 Å². The highest BCUT2D eigenvalue weighted by Crippen LogP contribution is 2.21. The molecule has 0 fully saturated rings. The normalized spacial score (nSPS) is 11.6. The smallest absolute Gasteiger partial charge is 0.168 e. The van der Waals surface area contributed by atoms with Gasteiger partial charge in [0.15, 0.2) is 5.78 Å². The van der Waals surface area contributed by atoms with Gasteiger partial charge < -0.3 is 4.74 Å². The van der Waals surface area contributed by atoms with E-state index in [-0.39, 0.29) is 18.0 Å². The van der Waals surface area contributed by atoms with Crippen molar-refractivity contribution < 1.29 is 13.9 Å². The Morgan fingerprint density at radius 2 is 2.12 bits per heavy atom. The van der Waals surface area contributed by atoms with Crippen LogP contribution in [-0.2, 0) is 16.0 Å². The summed E-state index contributed by atoms with van der Waals surface area (Å²) in [4.78, 5) is 11.9. The molecule has 0 heterocycles. The molecule has 0 N–H and O–H groups in total. The van der Waals surface area contributed by atoms with Crippen molar-refractivity contribution >= 4 is 21.7 Å². The summed E-state index contributed by atoms with van der Waals surface area (Å²) in [5.41, 5.74) is -0.207. The van der Waals surface area contributed by atoms with Crippen molar-refractivity contribution in [3.05, 3.63) is 34.1 Å². The summed E-state index contributed by atoms with van der Waals surface area (Å²) in [6, 6.07) is 4.30. The third kappa shape index (κ3) is 3.12. The molecule has 0 radical (unpaired) electrons. The van der Waals surface area contributed by atoms with Crippen LogP contribution < -0.4 is 0 Å². The summed E-state index contributed by atoms with van der Waals surface area (Å²) >= 11 is 3.29. The van der Waals surface area contributed by atoms with E-state index in [4.69, 9.17) is 4.74 Å². The number of rotatable bonds is 4. The SMILES string of the molecule is COC(C)(C)C(=O)Cc1cc(F)ccc1Br. The number of methoxy groups -OCH3 is 1. The van der Waals surface area contributed by atoms with Crippen molar-refractivity contribution in [1.29, 1.82) is 0 Å². The van der Waals surface area contributed by atoms with Gasteiger partial charge in [-0.3, -0.25) is 4.79 Å². The van der Waals surface area contributed by atoms with E-state index in [0.717, 1.165) is 4.47 Å². The van der Waals surface area contributed by atoms with Crippen LogP contribution in [0.15, 0.2) is 22.7 Å². The molecule has 0 bridgehead atoms. The molecular weight excluding hydrogens is 275 g/mol. The van der Waals surface area contributed by atoms with E-state index >= 15 is 0 Å². The molecule has 1 aromatic carbocycles. The van der Waals surface area contributed by atoms with Gasteiger partial charge in [0.1, 0.15) is 11.4 Å². The second-order valence-corrected chi connectivity index (χ2v) is 4.90. The summed E-state index contributed by atoms with van der Waals surface area (Å²) in [6.07, 6.45) is 0.152. The first-order chi connectivity index (χ1) is 7.36. The predicted molar refractivity (Wildman–Crippen MR) is 63.9 cm³/mol. The van der Waals surface area contributed by atoms with Crippen molar-refractivity contribution in [3.8, 4) is 0 Å². The molecule has 0 atom stereocenters. The molecule has 16 heavy (non-hydrogen) atoms. The molecule has 2 nitrogen and oxygen atoms in total. The fourth-order valence-corrected chi connectivity index (χ4v) is 1.57. The minimum Gasteiger partial charge on any atom is -0.371 e. The molecule has 0 aliphatic rings. The maximum atomic E-state index is 13.0. The topological polar surface area (TPSA) is 26.3 Å². The molecule has 0 unspecified atom stereocenters. The Kier molecular flexibility index (Phi) is 4.21. The monoisotopic (exact) mass is 288 g/mol. The minimum atomic E-state index is -0.842. The molecular formula is C12H14BrFO2. The van der Waals surface area contributed by atoms with E-state index in [1.54, 1.807) is 19.9 Å². The van der Waals surface area contributed by atoms with E-state index in [1.807, 2.05) is 0 Å². The van der Waals surface area contributed by atoms with Gasteiger partial charge in [0, 0.05) is 18.0 Å². The van der Waals surface area contributed by atoms with Crippen molar-refractivity contribution in [2.24, 2.45) is 0 Å². The van der Waals surface area contributed by atoms with Gasteiger partial charge in [-0.2, -0.15) is 0 Å². The van der Waals surface area contributed by atoms with E-state index < -0.39 is 5.60 Å². The zero-order chi connectivity index (χ0) is 12.3. The van der Waals surface area contributed by atoms with Crippen molar-refractivity contribution in [3.63, 3.8) is 0 Å². The van der Waals surface area contributed by atoms with Crippen molar-refractivity contribution in [2.75, 3.05) is 7.11 Å². The van der Waals surface area contributed by atoms with Crippen LogP contribution in [-0.4, -0.2) is 18.5 Å². The Morgan fingerprint density at radius 3 is 2.69 bits per heavy atom. The van der Waals surface area contributed by atoms with Crippen LogP contribution in [0.2, 0.25) is 0 Å². The largest absolute Gasteiger partial charge is 0.371 e. The van der Waals surface area contributed by atoms with E-state index in [2.05, 4.69) is 15.9 Å². The third-order valence-electron chi connectivity index (χ3n) is 2.54. The van der Waals surface area contributed by atoms with Crippen LogP contribution in [0.5, 0.6) is 0 Å². The van der Waals surface area contributed by atoms with Gasteiger partial charge >= 0.3 is 0 Å². The number of Topliss-reactive ketones (excluding diaryl/α,β-unsaturated/α-hetero) is 1. The van der Waals surface area contributed by atoms with Gasteiger partial charge in [-0.15, -0.1) is 0 Å². The van der Waals surface area contributed by atoms with Crippen LogP contribution >= 0.6 is 15.9 Å². The Morgan fingerprint density at radius 1 is 1.50 bits per heavy atom. The number of carbonyl (C=O) groups is 1. The predicted octanol–water partition coefficient (Wildman–Crippen LogP) is 3.12. The Labute approximate surface area is 103 Å². The van der Waals surface area contributed by atoms with Crippen molar-refractivity contribution in [1.82, 2.24) is 0 Å². The van der Waals surface area contributed by atoms with Gasteiger partial charge in [0.2, 0.25) is 0 Å². The van der Waals surface area contributed by atoms with Crippen LogP contribution in [0.3, 0.4) is 0 Å². The number of hydrogen-bond donors (Lipinski definition) is 0. The van der Waals surface area contributed by atoms with Gasteiger partial charge in [-0.05, 0) is 37.6 Å². The summed E-state index contributed by atoms with van der Waals surface area (Å²) in [5.74, 6) is -0.428. The molecule has 0 saturated heterocycles. The van der Waals surface area contributed by atoms with Crippen LogP contribution in [0.25, 0.3) is 0 Å². The highest BCUT2D eigenvalue weighted by molar-refractivity contribution is 9.10. The first-order valence-electron chi connectivity index (χ1n) is 4.89. The molecule has 1 rings (SSSR count). The fourth-order valence-electron chi connectivity index (χ4n) is 1.18. The molecule has 4 heteroatoms. The molecule has 1 aromatic rings. The summed E-state index contributed by atoms with van der Waals surface area (Å²) in [7, 11) is 1.48. The number of hydrogen-bond acceptors (Lipinski definition) is 2. The highest BCUT2D eigenvalue weighted by atomic mass is 79.9. The molecule has 0 amide bonds. The molecule has 0 spiro atoms. The molecule has 88 valence electrons. The zero-order valence-electron chi connectivity index (χ0n) is 9.51.